The van der Waals surface area contributed by atoms with Gasteiger partial charge in [-0.05, 0) is 41.7 Å². The van der Waals surface area contributed by atoms with Gasteiger partial charge in [-0.2, -0.15) is 0 Å². The predicted molar refractivity (Wildman–Crippen MR) is 70.1 cm³/mol. The van der Waals surface area contributed by atoms with E-state index in [0.29, 0.717) is 5.38 Å². The van der Waals surface area contributed by atoms with Crippen molar-refractivity contribution in [2.75, 3.05) is 0 Å². The van der Waals surface area contributed by atoms with Gasteiger partial charge in [0.15, 0.2) is 0 Å². The molecule has 0 saturated carbocycles. The van der Waals surface area contributed by atoms with Gasteiger partial charge in [-0.25, -0.2) is 0 Å². The summed E-state index contributed by atoms with van der Waals surface area (Å²) >= 11 is 7.97. The minimum absolute atomic E-state index is 0.320. The Morgan fingerprint density at radius 3 is 3.00 bits per heavy atom. The van der Waals surface area contributed by atoms with E-state index in [9.17, 15) is 0 Å². The molecule has 0 aliphatic heterocycles. The van der Waals surface area contributed by atoms with Gasteiger partial charge in [0.05, 0.1) is 0 Å². The molecule has 1 unspecified atom stereocenters. The van der Waals surface area contributed by atoms with Crippen molar-refractivity contribution in [1.82, 2.24) is 0 Å². The smallest absolute Gasteiger partial charge is 0.0374 e. The highest BCUT2D eigenvalue weighted by molar-refractivity contribution is 7.17. The Kier molecular flexibility index (Phi) is 3.66. The Morgan fingerprint density at radius 2 is 2.20 bits per heavy atom. The van der Waals surface area contributed by atoms with E-state index < -0.39 is 0 Å². The zero-order chi connectivity index (χ0) is 10.7. The van der Waals surface area contributed by atoms with Crippen molar-refractivity contribution in [3.05, 3.63) is 35.2 Å². The Balaban J connectivity index is 2.17. The summed E-state index contributed by atoms with van der Waals surface area (Å²) in [7, 11) is 0. The molecule has 0 spiro atoms. The predicted octanol–water partition coefficient (Wildman–Crippen LogP) is 4.85. The van der Waals surface area contributed by atoms with Gasteiger partial charge < -0.3 is 0 Å². The molecule has 0 N–H and O–H groups in total. The third-order valence-corrected chi connectivity index (χ3v) is 4.26. The molecular formula is C13H15ClS. The molecule has 0 fully saturated rings. The first kappa shape index (κ1) is 11.0. The van der Waals surface area contributed by atoms with Crippen molar-refractivity contribution >= 4 is 33.0 Å². The van der Waals surface area contributed by atoms with Crippen LogP contribution in [0.2, 0.25) is 0 Å². The fourth-order valence-electron chi connectivity index (χ4n) is 1.77. The minimum atomic E-state index is 0.320. The largest absolute Gasteiger partial charge is 0.144 e. The van der Waals surface area contributed by atoms with Crippen molar-refractivity contribution in [3.63, 3.8) is 0 Å². The van der Waals surface area contributed by atoms with Crippen LogP contribution in [-0.4, -0.2) is 5.38 Å². The van der Waals surface area contributed by atoms with Crippen LogP contribution in [-0.2, 0) is 6.42 Å². The summed E-state index contributed by atoms with van der Waals surface area (Å²) < 4.78 is 1.43. The van der Waals surface area contributed by atoms with E-state index in [0.717, 1.165) is 19.3 Å². The summed E-state index contributed by atoms with van der Waals surface area (Å²) in [5, 5.41) is 3.84. The lowest BCUT2D eigenvalue weighted by Gasteiger charge is -2.06. The summed E-state index contributed by atoms with van der Waals surface area (Å²) in [6, 6.07) is 8.71. The molecular weight excluding hydrogens is 224 g/mol. The lowest BCUT2D eigenvalue weighted by molar-refractivity contribution is 0.729. The summed E-state index contributed by atoms with van der Waals surface area (Å²) in [5.41, 5.74) is 1.45. The number of alkyl halides is 1. The number of thiophene rings is 1. The Bertz CT molecular complexity index is 433. The lowest BCUT2D eigenvalue weighted by atomic mass is 10.1. The van der Waals surface area contributed by atoms with Gasteiger partial charge in [0.2, 0.25) is 0 Å². The molecule has 0 saturated heterocycles. The standard InChI is InChI=1S/C13H15ClS/c1-2-12(14)7-6-10-4-3-5-11-8-9-15-13(10)11/h3-5,8-9,12H,2,6-7H2,1H3. The van der Waals surface area contributed by atoms with E-state index in [1.54, 1.807) is 0 Å². The molecule has 1 aromatic heterocycles. The molecule has 15 heavy (non-hydrogen) atoms. The van der Waals surface area contributed by atoms with Crippen LogP contribution in [0.4, 0.5) is 0 Å². The second-order valence-corrected chi connectivity index (χ2v) is 5.33. The number of rotatable bonds is 4. The van der Waals surface area contributed by atoms with Gasteiger partial charge in [0.25, 0.3) is 0 Å². The summed E-state index contributed by atoms with van der Waals surface area (Å²) in [4.78, 5) is 0. The van der Waals surface area contributed by atoms with Crippen molar-refractivity contribution in [3.8, 4) is 0 Å². The van der Waals surface area contributed by atoms with Gasteiger partial charge in [-0.15, -0.1) is 22.9 Å². The second-order valence-electron chi connectivity index (χ2n) is 3.80. The van der Waals surface area contributed by atoms with E-state index in [2.05, 4.69) is 36.6 Å². The van der Waals surface area contributed by atoms with Crippen LogP contribution in [0.1, 0.15) is 25.3 Å². The summed E-state index contributed by atoms with van der Waals surface area (Å²) in [6.07, 6.45) is 3.23. The molecule has 2 heteroatoms. The number of aryl methyl sites for hydroxylation is 1. The van der Waals surface area contributed by atoms with Gasteiger partial charge in [-0.3, -0.25) is 0 Å². The highest BCUT2D eigenvalue weighted by atomic mass is 35.5. The zero-order valence-electron chi connectivity index (χ0n) is 8.87. The maximum Gasteiger partial charge on any atom is 0.0374 e. The van der Waals surface area contributed by atoms with Crippen molar-refractivity contribution in [1.29, 1.82) is 0 Å². The molecule has 0 amide bonds. The fraction of sp³-hybridized carbons (Fsp3) is 0.385. The first-order chi connectivity index (χ1) is 7.31. The van der Waals surface area contributed by atoms with E-state index in [1.165, 1.54) is 15.6 Å². The Morgan fingerprint density at radius 1 is 1.33 bits per heavy atom. The monoisotopic (exact) mass is 238 g/mol. The van der Waals surface area contributed by atoms with E-state index in [-0.39, 0.29) is 0 Å². The normalized spacial score (nSPS) is 13.2. The second kappa shape index (κ2) is 5.00. The minimum Gasteiger partial charge on any atom is -0.144 e. The topological polar surface area (TPSA) is 0 Å². The van der Waals surface area contributed by atoms with Crippen LogP contribution in [0.5, 0.6) is 0 Å². The van der Waals surface area contributed by atoms with Crippen molar-refractivity contribution in [2.24, 2.45) is 0 Å². The maximum absolute atomic E-state index is 6.14. The van der Waals surface area contributed by atoms with E-state index in [4.69, 9.17) is 11.6 Å². The third kappa shape index (κ3) is 2.53. The number of halogens is 1. The molecule has 0 bridgehead atoms. The molecule has 0 aliphatic carbocycles. The average molecular weight is 239 g/mol. The molecule has 80 valence electrons. The molecule has 1 heterocycles. The van der Waals surface area contributed by atoms with Crippen molar-refractivity contribution < 1.29 is 0 Å². The van der Waals surface area contributed by atoms with E-state index in [1.807, 2.05) is 11.3 Å². The Labute approximate surface area is 99.9 Å². The molecule has 2 aromatic rings. The highest BCUT2D eigenvalue weighted by Gasteiger charge is 2.05. The van der Waals surface area contributed by atoms with Crippen LogP contribution in [0.3, 0.4) is 0 Å². The van der Waals surface area contributed by atoms with Crippen LogP contribution >= 0.6 is 22.9 Å². The number of fused-ring (bicyclic) bond motifs is 1. The highest BCUT2D eigenvalue weighted by Crippen LogP contribution is 2.26. The van der Waals surface area contributed by atoms with Crippen LogP contribution in [0.25, 0.3) is 10.1 Å². The summed E-state index contributed by atoms with van der Waals surface area (Å²) in [5.74, 6) is 0. The van der Waals surface area contributed by atoms with Crippen LogP contribution in [0.15, 0.2) is 29.6 Å². The first-order valence-electron chi connectivity index (χ1n) is 5.40. The lowest BCUT2D eigenvalue weighted by Crippen LogP contribution is -1.98. The number of hydrogen-bond donors (Lipinski definition) is 0. The van der Waals surface area contributed by atoms with Gasteiger partial charge in [-0.1, -0.05) is 25.1 Å². The molecule has 1 aromatic carbocycles. The fourth-order valence-corrected chi connectivity index (χ4v) is 2.82. The van der Waals surface area contributed by atoms with Gasteiger partial charge in [0, 0.05) is 10.1 Å². The van der Waals surface area contributed by atoms with Crippen LogP contribution in [0, 0.1) is 0 Å². The van der Waals surface area contributed by atoms with Crippen LogP contribution < -0.4 is 0 Å². The maximum atomic E-state index is 6.14. The number of benzene rings is 1. The van der Waals surface area contributed by atoms with Gasteiger partial charge >= 0.3 is 0 Å². The van der Waals surface area contributed by atoms with Gasteiger partial charge in [0.1, 0.15) is 0 Å². The third-order valence-electron chi connectivity index (χ3n) is 2.73. The molecule has 0 radical (unpaired) electrons. The number of hydrogen-bond acceptors (Lipinski definition) is 1. The molecule has 0 aliphatic rings. The first-order valence-corrected chi connectivity index (χ1v) is 6.72. The molecule has 1 atom stereocenters. The zero-order valence-corrected chi connectivity index (χ0v) is 10.4. The average Bonchev–Trinajstić information content (AvgIpc) is 2.74. The molecule has 2 rings (SSSR count). The summed E-state index contributed by atoms with van der Waals surface area (Å²) in [6.45, 7) is 2.14. The SMILES string of the molecule is CCC(Cl)CCc1cccc2ccsc12. The Hall–Kier alpha value is -0.530. The molecule has 0 nitrogen and oxygen atoms in total. The van der Waals surface area contributed by atoms with E-state index >= 15 is 0 Å². The van der Waals surface area contributed by atoms with Crippen molar-refractivity contribution in [2.45, 2.75) is 31.6 Å². The quantitative estimate of drug-likeness (QED) is 0.668.